The Morgan fingerprint density at radius 1 is 1.35 bits per heavy atom. The summed E-state index contributed by atoms with van der Waals surface area (Å²) in [6, 6.07) is 3.59. The number of unbranched alkanes of at least 4 members (excludes halogenated alkanes) is 1. The van der Waals surface area contributed by atoms with Gasteiger partial charge in [-0.05, 0) is 31.9 Å². The van der Waals surface area contributed by atoms with Crippen LogP contribution >= 0.6 is 11.6 Å². The van der Waals surface area contributed by atoms with Gasteiger partial charge in [0.1, 0.15) is 11.3 Å². The van der Waals surface area contributed by atoms with Crippen LogP contribution in [0.5, 0.6) is 0 Å². The molecule has 0 amide bonds. The zero-order chi connectivity index (χ0) is 14.8. The van der Waals surface area contributed by atoms with E-state index < -0.39 is 12.6 Å². The van der Waals surface area contributed by atoms with Crippen LogP contribution in [-0.2, 0) is 6.54 Å². The molecule has 2 heterocycles. The van der Waals surface area contributed by atoms with Gasteiger partial charge < -0.3 is 4.57 Å². The van der Waals surface area contributed by atoms with Gasteiger partial charge in [-0.15, -0.1) is 11.6 Å². The highest BCUT2D eigenvalue weighted by molar-refractivity contribution is 6.20. The van der Waals surface area contributed by atoms with E-state index in [1.165, 1.54) is 0 Å². The number of nitrogens with zero attached hydrogens (tertiary/aromatic N) is 3. The van der Waals surface area contributed by atoms with Gasteiger partial charge in [-0.2, -0.15) is 13.2 Å². The predicted molar refractivity (Wildman–Crippen MR) is 71.7 cm³/mol. The number of fused-ring (bicyclic) bond motifs is 1. The monoisotopic (exact) mass is 305 g/mol. The lowest BCUT2D eigenvalue weighted by Crippen LogP contribution is -2.09. The van der Waals surface area contributed by atoms with E-state index in [4.69, 9.17) is 11.6 Å². The fourth-order valence-corrected chi connectivity index (χ4v) is 2.26. The van der Waals surface area contributed by atoms with E-state index in [-0.39, 0.29) is 11.8 Å². The first-order valence-corrected chi connectivity index (χ1v) is 6.84. The van der Waals surface area contributed by atoms with Gasteiger partial charge in [-0.25, -0.2) is 9.97 Å². The summed E-state index contributed by atoms with van der Waals surface area (Å²) in [6.45, 7) is 2.23. The van der Waals surface area contributed by atoms with Crippen LogP contribution in [0, 0.1) is 0 Å². The minimum absolute atomic E-state index is 0.0894. The summed E-state index contributed by atoms with van der Waals surface area (Å²) in [5, 5.41) is -0.313. The van der Waals surface area contributed by atoms with E-state index in [0.717, 1.165) is 0 Å². The van der Waals surface area contributed by atoms with E-state index in [0.29, 0.717) is 30.0 Å². The highest BCUT2D eigenvalue weighted by Gasteiger charge is 2.26. The Labute approximate surface area is 119 Å². The highest BCUT2D eigenvalue weighted by Crippen LogP contribution is 2.25. The number of pyridine rings is 1. The van der Waals surface area contributed by atoms with Crippen LogP contribution in [0.2, 0.25) is 0 Å². The van der Waals surface area contributed by atoms with Crippen molar-refractivity contribution in [2.75, 3.05) is 0 Å². The minimum Gasteiger partial charge on any atom is -0.311 e. The number of halogens is 4. The summed E-state index contributed by atoms with van der Waals surface area (Å²) in [5.41, 5.74) is 1.38. The Kier molecular flexibility index (Phi) is 4.52. The average Bonchev–Trinajstić information content (AvgIpc) is 2.72. The summed E-state index contributed by atoms with van der Waals surface area (Å²) in [4.78, 5) is 8.62. The highest BCUT2D eigenvalue weighted by atomic mass is 35.5. The molecule has 0 bridgehead atoms. The second-order valence-corrected chi connectivity index (χ2v) is 5.31. The van der Waals surface area contributed by atoms with Gasteiger partial charge in [-0.3, -0.25) is 0 Å². The maximum absolute atomic E-state index is 12.1. The van der Waals surface area contributed by atoms with Crippen LogP contribution in [0.3, 0.4) is 0 Å². The molecule has 0 aromatic carbocycles. The van der Waals surface area contributed by atoms with E-state index in [1.807, 2.05) is 10.6 Å². The van der Waals surface area contributed by atoms with Crippen LogP contribution in [0.15, 0.2) is 18.3 Å². The Morgan fingerprint density at radius 3 is 2.75 bits per heavy atom. The molecule has 0 fully saturated rings. The summed E-state index contributed by atoms with van der Waals surface area (Å²) in [6.07, 6.45) is -2.72. The van der Waals surface area contributed by atoms with Crippen molar-refractivity contribution in [3.63, 3.8) is 0 Å². The molecule has 0 spiro atoms. The Bertz CT molecular complexity index is 578. The second-order valence-electron chi connectivity index (χ2n) is 4.66. The van der Waals surface area contributed by atoms with E-state index in [2.05, 4.69) is 9.97 Å². The first kappa shape index (κ1) is 15.1. The molecule has 20 heavy (non-hydrogen) atoms. The van der Waals surface area contributed by atoms with Gasteiger partial charge in [0.05, 0.1) is 5.38 Å². The van der Waals surface area contributed by atoms with Crippen LogP contribution in [0.25, 0.3) is 11.2 Å². The molecule has 2 aromatic rings. The largest absolute Gasteiger partial charge is 0.389 e. The smallest absolute Gasteiger partial charge is 0.311 e. The van der Waals surface area contributed by atoms with Crippen molar-refractivity contribution >= 4 is 22.8 Å². The molecular formula is C13H15ClF3N3. The number of hydrogen-bond acceptors (Lipinski definition) is 2. The number of aromatic nitrogens is 3. The van der Waals surface area contributed by atoms with Crippen LogP contribution in [-0.4, -0.2) is 20.7 Å². The number of imidazole rings is 1. The van der Waals surface area contributed by atoms with Crippen LogP contribution in [0.4, 0.5) is 13.2 Å². The van der Waals surface area contributed by atoms with E-state index in [1.54, 1.807) is 19.2 Å². The standard InChI is InChI=1S/C13H15ClF3N3/c1-9(14)11-19-10-5-4-7-18-12(10)20(11)8-3-2-6-13(15,16)17/h4-5,7,9H,2-3,6,8H2,1H3. The molecule has 0 aliphatic carbocycles. The van der Waals surface area contributed by atoms with Gasteiger partial charge in [0.15, 0.2) is 5.65 Å². The molecule has 1 atom stereocenters. The molecule has 0 N–H and O–H groups in total. The topological polar surface area (TPSA) is 30.7 Å². The second kappa shape index (κ2) is 5.99. The van der Waals surface area contributed by atoms with Gasteiger partial charge >= 0.3 is 6.18 Å². The lowest BCUT2D eigenvalue weighted by molar-refractivity contribution is -0.135. The van der Waals surface area contributed by atoms with Gasteiger partial charge in [0.25, 0.3) is 0 Å². The maximum Gasteiger partial charge on any atom is 0.389 e. The SMILES string of the molecule is CC(Cl)c1nc2cccnc2n1CCCCC(F)(F)F. The molecule has 0 saturated carbocycles. The maximum atomic E-state index is 12.1. The average molecular weight is 306 g/mol. The number of rotatable bonds is 5. The fourth-order valence-electron chi connectivity index (χ4n) is 2.10. The van der Waals surface area contributed by atoms with Crippen molar-refractivity contribution in [1.82, 2.24) is 14.5 Å². The number of aryl methyl sites for hydroxylation is 1. The fraction of sp³-hybridized carbons (Fsp3) is 0.538. The normalized spacial score (nSPS) is 13.8. The molecule has 0 radical (unpaired) electrons. The molecular weight excluding hydrogens is 291 g/mol. The molecule has 1 unspecified atom stereocenters. The van der Waals surface area contributed by atoms with Crippen LogP contribution in [0.1, 0.15) is 37.4 Å². The molecule has 0 aliphatic rings. The molecule has 110 valence electrons. The number of alkyl halides is 4. The summed E-state index contributed by atoms with van der Waals surface area (Å²) in [5.74, 6) is 0.646. The van der Waals surface area contributed by atoms with E-state index in [9.17, 15) is 13.2 Å². The van der Waals surface area contributed by atoms with Crippen molar-refractivity contribution in [3.8, 4) is 0 Å². The molecule has 0 saturated heterocycles. The molecule has 2 aromatic heterocycles. The Hall–Kier alpha value is -1.30. The lowest BCUT2D eigenvalue weighted by Gasteiger charge is -2.10. The quantitative estimate of drug-likeness (QED) is 0.603. The van der Waals surface area contributed by atoms with Crippen molar-refractivity contribution in [1.29, 1.82) is 0 Å². The van der Waals surface area contributed by atoms with Crippen molar-refractivity contribution < 1.29 is 13.2 Å². The van der Waals surface area contributed by atoms with Gasteiger partial charge in [-0.1, -0.05) is 0 Å². The first-order chi connectivity index (χ1) is 9.38. The molecule has 0 aliphatic heterocycles. The zero-order valence-electron chi connectivity index (χ0n) is 11.0. The first-order valence-electron chi connectivity index (χ1n) is 6.40. The Balaban J connectivity index is 2.13. The third-order valence-electron chi connectivity index (χ3n) is 2.98. The lowest BCUT2D eigenvalue weighted by atomic mass is 10.2. The predicted octanol–water partition coefficient (Wildman–Crippen LogP) is 4.46. The van der Waals surface area contributed by atoms with Crippen molar-refractivity contribution in [2.45, 2.75) is 44.3 Å². The molecule has 3 nitrogen and oxygen atoms in total. The summed E-state index contributed by atoms with van der Waals surface area (Å²) in [7, 11) is 0. The van der Waals surface area contributed by atoms with Gasteiger partial charge in [0, 0.05) is 19.2 Å². The number of hydrogen-bond donors (Lipinski definition) is 0. The molecule has 7 heteroatoms. The molecule has 2 rings (SSSR count). The zero-order valence-corrected chi connectivity index (χ0v) is 11.7. The third kappa shape index (κ3) is 3.62. The summed E-state index contributed by atoms with van der Waals surface area (Å²) >= 11 is 6.07. The Morgan fingerprint density at radius 2 is 2.10 bits per heavy atom. The van der Waals surface area contributed by atoms with Crippen molar-refractivity contribution in [2.24, 2.45) is 0 Å². The van der Waals surface area contributed by atoms with Crippen LogP contribution < -0.4 is 0 Å². The van der Waals surface area contributed by atoms with Crippen molar-refractivity contribution in [3.05, 3.63) is 24.2 Å². The van der Waals surface area contributed by atoms with Gasteiger partial charge in [0.2, 0.25) is 0 Å². The third-order valence-corrected chi connectivity index (χ3v) is 3.18. The minimum atomic E-state index is -4.10. The van der Waals surface area contributed by atoms with E-state index >= 15 is 0 Å². The summed E-state index contributed by atoms with van der Waals surface area (Å²) < 4.78 is 38.2.